The molecule has 0 spiro atoms. The van der Waals surface area contributed by atoms with E-state index in [1.165, 1.54) is 0 Å². The lowest BCUT2D eigenvalue weighted by molar-refractivity contribution is 0.0747. The number of hydrogen-bond acceptors (Lipinski definition) is 3. The van der Waals surface area contributed by atoms with Crippen LogP contribution < -0.4 is 4.90 Å². The number of benzene rings is 1. The van der Waals surface area contributed by atoms with Gasteiger partial charge in [-0.3, -0.25) is 4.79 Å². The predicted octanol–water partition coefficient (Wildman–Crippen LogP) is 4.33. The third kappa shape index (κ3) is 3.24. The maximum Gasteiger partial charge on any atom is 0.254 e. The molecule has 2 heterocycles. The van der Waals surface area contributed by atoms with Crippen molar-refractivity contribution < 1.29 is 4.79 Å². The van der Waals surface area contributed by atoms with Crippen molar-refractivity contribution >= 4 is 46.1 Å². The number of hydrogen-bond donors (Lipinski definition) is 0. The highest BCUT2D eigenvalue weighted by Crippen LogP contribution is 2.28. The molecular weight excluding hydrogens is 339 g/mol. The average molecular weight is 355 g/mol. The molecular formula is C16H16Cl2N2OS. The Labute approximate surface area is 144 Å². The van der Waals surface area contributed by atoms with Gasteiger partial charge in [0.15, 0.2) is 0 Å². The van der Waals surface area contributed by atoms with Crippen molar-refractivity contribution in [3.05, 3.63) is 50.1 Å². The number of piperazine rings is 1. The number of halogens is 2. The van der Waals surface area contributed by atoms with Gasteiger partial charge in [0.1, 0.15) is 0 Å². The Balaban J connectivity index is 1.64. The van der Waals surface area contributed by atoms with Gasteiger partial charge in [0, 0.05) is 42.1 Å². The quantitative estimate of drug-likeness (QED) is 0.801. The van der Waals surface area contributed by atoms with Crippen LogP contribution in [-0.4, -0.2) is 37.0 Å². The maximum atomic E-state index is 12.4. The highest BCUT2D eigenvalue weighted by molar-refractivity contribution is 7.10. The van der Waals surface area contributed by atoms with Gasteiger partial charge in [-0.15, -0.1) is 11.3 Å². The summed E-state index contributed by atoms with van der Waals surface area (Å²) >= 11 is 13.6. The smallest absolute Gasteiger partial charge is 0.254 e. The minimum atomic E-state index is 0.123. The molecule has 1 saturated heterocycles. The minimum Gasteiger partial charge on any atom is -0.368 e. The van der Waals surface area contributed by atoms with E-state index in [0.29, 0.717) is 23.1 Å². The summed E-state index contributed by atoms with van der Waals surface area (Å²) in [7, 11) is 0. The molecule has 22 heavy (non-hydrogen) atoms. The van der Waals surface area contributed by atoms with Gasteiger partial charge in [0.05, 0.1) is 15.6 Å². The number of nitrogens with zero attached hydrogens (tertiary/aromatic N) is 2. The van der Waals surface area contributed by atoms with E-state index in [4.69, 9.17) is 23.2 Å². The third-order valence-electron chi connectivity index (χ3n) is 3.81. The molecule has 1 aromatic heterocycles. The number of carbonyl (C=O) groups excluding carboxylic acids is 1. The normalized spacial score (nSPS) is 15.2. The first-order valence-corrected chi connectivity index (χ1v) is 8.72. The molecule has 1 aliphatic rings. The molecule has 0 aliphatic carbocycles. The molecule has 0 saturated carbocycles. The highest BCUT2D eigenvalue weighted by Gasteiger charge is 2.23. The minimum absolute atomic E-state index is 0.123. The molecule has 2 aromatic rings. The Morgan fingerprint density at radius 1 is 1.09 bits per heavy atom. The number of aryl methyl sites for hydroxylation is 1. The van der Waals surface area contributed by atoms with Crippen molar-refractivity contribution in [1.82, 2.24) is 4.90 Å². The average Bonchev–Trinajstić information content (AvgIpc) is 2.96. The molecule has 1 fully saturated rings. The van der Waals surface area contributed by atoms with Crippen LogP contribution in [0.1, 0.15) is 15.2 Å². The molecule has 3 nitrogen and oxygen atoms in total. The van der Waals surface area contributed by atoms with Gasteiger partial charge in [0.2, 0.25) is 0 Å². The van der Waals surface area contributed by atoms with Gasteiger partial charge in [-0.25, -0.2) is 0 Å². The lowest BCUT2D eigenvalue weighted by Crippen LogP contribution is -2.48. The summed E-state index contributed by atoms with van der Waals surface area (Å²) in [5.74, 6) is 0.123. The van der Waals surface area contributed by atoms with Crippen LogP contribution in [0.3, 0.4) is 0 Å². The van der Waals surface area contributed by atoms with Crippen molar-refractivity contribution in [1.29, 1.82) is 0 Å². The van der Waals surface area contributed by atoms with Crippen LogP contribution >= 0.6 is 34.5 Å². The first-order chi connectivity index (χ1) is 10.5. The lowest BCUT2D eigenvalue weighted by atomic mass is 10.2. The second kappa shape index (κ2) is 6.49. The molecule has 1 aliphatic heterocycles. The van der Waals surface area contributed by atoms with Crippen molar-refractivity contribution in [2.24, 2.45) is 0 Å². The first-order valence-electron chi connectivity index (χ1n) is 7.09. The zero-order valence-corrected chi connectivity index (χ0v) is 14.5. The molecule has 3 rings (SSSR count). The monoisotopic (exact) mass is 354 g/mol. The van der Waals surface area contributed by atoms with Gasteiger partial charge in [0.25, 0.3) is 5.91 Å². The van der Waals surface area contributed by atoms with E-state index in [-0.39, 0.29) is 5.91 Å². The SMILES string of the molecule is Cc1cc(C(=O)N2CCN(c3ccc(Cl)c(Cl)c3)CC2)cs1. The number of amides is 1. The van der Waals surface area contributed by atoms with Crippen LogP contribution in [0.5, 0.6) is 0 Å². The molecule has 0 atom stereocenters. The standard InChI is InChI=1S/C16H16Cl2N2OS/c1-11-8-12(10-22-11)16(21)20-6-4-19(5-7-20)13-2-3-14(17)15(18)9-13/h2-3,8-10H,4-7H2,1H3. The van der Waals surface area contributed by atoms with Gasteiger partial charge in [-0.1, -0.05) is 23.2 Å². The summed E-state index contributed by atoms with van der Waals surface area (Å²) in [5, 5.41) is 3.06. The van der Waals surface area contributed by atoms with Gasteiger partial charge >= 0.3 is 0 Å². The summed E-state index contributed by atoms with van der Waals surface area (Å²) in [5.41, 5.74) is 1.85. The van der Waals surface area contributed by atoms with Crippen molar-refractivity contribution in [3.8, 4) is 0 Å². The fourth-order valence-corrected chi connectivity index (χ4v) is 3.56. The fraction of sp³-hybridized carbons (Fsp3) is 0.312. The first kappa shape index (κ1) is 15.7. The number of carbonyl (C=O) groups is 1. The summed E-state index contributed by atoms with van der Waals surface area (Å²) in [6.45, 7) is 5.05. The molecule has 1 aromatic carbocycles. The predicted molar refractivity (Wildman–Crippen MR) is 93.6 cm³/mol. The zero-order chi connectivity index (χ0) is 15.7. The van der Waals surface area contributed by atoms with Crippen molar-refractivity contribution in [2.45, 2.75) is 6.92 Å². The van der Waals surface area contributed by atoms with Crippen LogP contribution in [0.4, 0.5) is 5.69 Å². The van der Waals surface area contributed by atoms with Crippen LogP contribution in [0.25, 0.3) is 0 Å². The summed E-state index contributed by atoms with van der Waals surface area (Å²) in [6, 6.07) is 7.61. The second-order valence-corrected chi connectivity index (χ2v) is 7.25. The van der Waals surface area contributed by atoms with E-state index in [1.54, 1.807) is 11.3 Å². The summed E-state index contributed by atoms with van der Waals surface area (Å²) in [4.78, 5) is 17.7. The number of thiophene rings is 1. The maximum absolute atomic E-state index is 12.4. The van der Waals surface area contributed by atoms with Crippen LogP contribution in [0, 0.1) is 6.92 Å². The van der Waals surface area contributed by atoms with E-state index < -0.39 is 0 Å². The van der Waals surface area contributed by atoms with E-state index in [2.05, 4.69) is 4.90 Å². The Bertz CT molecular complexity index is 693. The lowest BCUT2D eigenvalue weighted by Gasteiger charge is -2.36. The van der Waals surface area contributed by atoms with Gasteiger partial charge in [-0.2, -0.15) is 0 Å². The van der Waals surface area contributed by atoms with Crippen LogP contribution in [0.15, 0.2) is 29.6 Å². The van der Waals surface area contributed by atoms with E-state index >= 15 is 0 Å². The van der Waals surface area contributed by atoms with Crippen LogP contribution in [-0.2, 0) is 0 Å². The van der Waals surface area contributed by atoms with E-state index in [9.17, 15) is 4.79 Å². The highest BCUT2D eigenvalue weighted by atomic mass is 35.5. The molecule has 0 radical (unpaired) electrons. The Hall–Kier alpha value is -1.23. The van der Waals surface area contributed by atoms with Gasteiger partial charge < -0.3 is 9.80 Å². The molecule has 6 heteroatoms. The Kier molecular flexibility index (Phi) is 4.62. The zero-order valence-electron chi connectivity index (χ0n) is 12.2. The van der Waals surface area contributed by atoms with E-state index in [1.807, 2.05) is 41.5 Å². The topological polar surface area (TPSA) is 23.6 Å². The number of anilines is 1. The van der Waals surface area contributed by atoms with Gasteiger partial charge in [-0.05, 0) is 31.2 Å². The van der Waals surface area contributed by atoms with E-state index in [0.717, 1.165) is 29.2 Å². The Morgan fingerprint density at radius 3 is 2.41 bits per heavy atom. The molecule has 116 valence electrons. The Morgan fingerprint density at radius 2 is 1.82 bits per heavy atom. The van der Waals surface area contributed by atoms with Crippen molar-refractivity contribution in [3.63, 3.8) is 0 Å². The fourth-order valence-electron chi connectivity index (χ4n) is 2.59. The molecule has 0 bridgehead atoms. The number of rotatable bonds is 2. The molecule has 0 N–H and O–H groups in total. The summed E-state index contributed by atoms with van der Waals surface area (Å²) in [6.07, 6.45) is 0. The molecule has 1 amide bonds. The summed E-state index contributed by atoms with van der Waals surface area (Å²) < 4.78 is 0. The third-order valence-corrected chi connectivity index (χ3v) is 5.41. The second-order valence-electron chi connectivity index (χ2n) is 5.32. The molecule has 0 unspecified atom stereocenters. The van der Waals surface area contributed by atoms with Crippen LogP contribution in [0.2, 0.25) is 10.0 Å². The van der Waals surface area contributed by atoms with Crippen molar-refractivity contribution in [2.75, 3.05) is 31.1 Å². The largest absolute Gasteiger partial charge is 0.368 e.